The van der Waals surface area contributed by atoms with Crippen molar-refractivity contribution in [3.63, 3.8) is 0 Å². The minimum atomic E-state index is -3.51. The number of carbonyl (C=O) groups excluding carboxylic acids is 3. The average Bonchev–Trinajstić information content (AvgIpc) is 3.43. The third-order valence-electron chi connectivity index (χ3n) is 8.05. The second-order valence-electron chi connectivity index (χ2n) is 11.5. The van der Waals surface area contributed by atoms with Crippen LogP contribution in [0.5, 0.6) is 5.75 Å². The Morgan fingerprint density at radius 1 is 1.07 bits per heavy atom. The lowest BCUT2D eigenvalue weighted by molar-refractivity contribution is -0.323. The largest absolute Gasteiger partial charge is 0.494 e. The van der Waals surface area contributed by atoms with E-state index in [0.29, 0.717) is 35.5 Å². The minimum Gasteiger partial charge on any atom is -0.494 e. The lowest BCUT2D eigenvalue weighted by Crippen LogP contribution is -2.48. The Balaban J connectivity index is 1.22. The number of likely N-dealkylation sites (tertiary alicyclic amines) is 2. The van der Waals surface area contributed by atoms with E-state index < -0.39 is 17.7 Å². The van der Waals surface area contributed by atoms with E-state index in [1.54, 1.807) is 30.4 Å². The summed E-state index contributed by atoms with van der Waals surface area (Å²) in [5.74, 6) is 0.419. The fourth-order valence-corrected chi connectivity index (χ4v) is 5.77. The summed E-state index contributed by atoms with van der Waals surface area (Å²) >= 11 is 0. The molecule has 6 rings (SSSR count). The maximum atomic E-state index is 12.7. The van der Waals surface area contributed by atoms with Gasteiger partial charge < -0.3 is 40.1 Å². The fraction of sp³-hybridized carbons (Fsp3) is 0.464. The molecule has 0 bridgehead atoms. The molecule has 0 spiro atoms. The number of carbonyl (C=O) groups is 3. The molecule has 2 atom stereocenters. The highest BCUT2D eigenvalue weighted by Gasteiger charge is 2.41. The molecule has 1 aliphatic carbocycles. The molecule has 4 heterocycles. The second kappa shape index (κ2) is 12.0. The fourth-order valence-electron chi connectivity index (χ4n) is 5.77. The molecule has 2 aliphatic heterocycles. The number of methoxy groups -OCH3 is 1. The molecule has 17 heteroatoms. The summed E-state index contributed by atoms with van der Waals surface area (Å²) in [6.45, 7) is 5.28. The quantitative estimate of drug-likeness (QED) is 0.162. The van der Waals surface area contributed by atoms with Crippen molar-refractivity contribution in [1.82, 2.24) is 35.5 Å². The van der Waals surface area contributed by atoms with E-state index in [2.05, 4.69) is 35.9 Å². The predicted molar refractivity (Wildman–Crippen MR) is 154 cm³/mol. The number of benzene rings is 1. The average molecular weight is 624 g/mol. The number of hydrogen-bond donors (Lipinski definition) is 6. The molecule has 3 amide bonds. The van der Waals surface area contributed by atoms with Crippen LogP contribution in [-0.4, -0.2) is 103 Å². The van der Waals surface area contributed by atoms with Crippen molar-refractivity contribution in [3.8, 4) is 17.2 Å². The third kappa shape index (κ3) is 6.85. The second-order valence-corrected chi connectivity index (χ2v) is 11.5. The van der Waals surface area contributed by atoms with E-state index in [1.165, 1.54) is 13.2 Å². The number of fused-ring (bicyclic) bond motifs is 1. The molecular weight excluding hydrogens is 590 g/mol. The van der Waals surface area contributed by atoms with Crippen LogP contribution in [0.1, 0.15) is 36.1 Å². The van der Waals surface area contributed by atoms with Crippen LogP contribution in [0.3, 0.4) is 0 Å². The van der Waals surface area contributed by atoms with E-state index in [1.807, 2.05) is 4.90 Å². The van der Waals surface area contributed by atoms with Crippen molar-refractivity contribution >= 4 is 34.9 Å². The van der Waals surface area contributed by atoms with Crippen LogP contribution >= 0.6 is 0 Å². The van der Waals surface area contributed by atoms with Crippen LogP contribution in [0.2, 0.25) is 0 Å². The number of hydrogen-bond acceptors (Lipinski definition) is 14. The van der Waals surface area contributed by atoms with Crippen LogP contribution in [-0.2, 0) is 16.1 Å². The van der Waals surface area contributed by atoms with E-state index in [0.717, 1.165) is 39.0 Å². The van der Waals surface area contributed by atoms with Gasteiger partial charge in [0.15, 0.2) is 23.1 Å². The lowest BCUT2D eigenvalue weighted by Gasteiger charge is -2.19. The molecule has 17 nitrogen and oxygen atoms in total. The van der Waals surface area contributed by atoms with Crippen molar-refractivity contribution in [3.05, 3.63) is 35.8 Å². The van der Waals surface area contributed by atoms with Crippen LogP contribution < -0.4 is 20.7 Å². The van der Waals surface area contributed by atoms with Gasteiger partial charge in [-0.3, -0.25) is 24.6 Å². The van der Waals surface area contributed by atoms with Gasteiger partial charge in [-0.2, -0.15) is 4.98 Å². The number of ether oxygens (including phenoxy) is 1. The molecule has 2 unspecified atom stereocenters. The van der Waals surface area contributed by atoms with Gasteiger partial charge in [0.2, 0.25) is 11.8 Å². The standard InChI is InChI=1S/C28H33N9O8/c1-14(38)37-11-16-9-36(10-17(16)12-37)13-22-31-27(45-35-22)18-4-3-5-19(24(18)44-2)29-20-8-21(30-25(39)15-6-7-15)33-34-23(20)26(40)32-28(41,42)43/h3-5,8,15-17,41-43H,6-7,9-13H2,1-2H3,(H,32,40)(H2,29,30,33,39). The normalized spacial score (nSPS) is 19.7. The zero-order valence-electron chi connectivity index (χ0n) is 24.6. The Morgan fingerprint density at radius 3 is 2.44 bits per heavy atom. The van der Waals surface area contributed by atoms with Crippen molar-refractivity contribution in [2.45, 2.75) is 32.4 Å². The summed E-state index contributed by atoms with van der Waals surface area (Å²) in [7, 11) is 1.44. The maximum absolute atomic E-state index is 12.7. The predicted octanol–water partition coefficient (Wildman–Crippen LogP) is -0.145. The Kier molecular flexibility index (Phi) is 8.08. The first kappa shape index (κ1) is 30.3. The maximum Gasteiger partial charge on any atom is 0.369 e. The van der Waals surface area contributed by atoms with Crippen LogP contribution in [0.15, 0.2) is 28.8 Å². The van der Waals surface area contributed by atoms with Gasteiger partial charge >= 0.3 is 6.10 Å². The molecule has 45 heavy (non-hydrogen) atoms. The Hall–Kier alpha value is -4.71. The molecule has 1 aromatic carbocycles. The molecule has 3 aromatic rings. The van der Waals surface area contributed by atoms with Crippen molar-refractivity contribution in [2.24, 2.45) is 17.8 Å². The van der Waals surface area contributed by atoms with Crippen LogP contribution in [0.4, 0.5) is 17.2 Å². The van der Waals surface area contributed by atoms with Crippen molar-refractivity contribution in [2.75, 3.05) is 43.9 Å². The summed E-state index contributed by atoms with van der Waals surface area (Å²) in [6, 6.07) is 6.39. The first-order valence-corrected chi connectivity index (χ1v) is 14.4. The van der Waals surface area contributed by atoms with Gasteiger partial charge in [0.05, 0.1) is 30.6 Å². The number of nitrogens with one attached hydrogen (secondary N) is 3. The van der Waals surface area contributed by atoms with Crippen LogP contribution in [0.25, 0.3) is 11.5 Å². The highest BCUT2D eigenvalue weighted by Crippen LogP contribution is 2.38. The van der Waals surface area contributed by atoms with Gasteiger partial charge in [0, 0.05) is 45.1 Å². The number of rotatable bonds is 10. The Labute approximate surface area is 256 Å². The summed E-state index contributed by atoms with van der Waals surface area (Å²) in [6.07, 6.45) is -1.99. The zero-order valence-corrected chi connectivity index (χ0v) is 24.6. The summed E-state index contributed by atoms with van der Waals surface area (Å²) < 4.78 is 11.3. The molecule has 3 aliphatic rings. The molecule has 3 fully saturated rings. The van der Waals surface area contributed by atoms with Gasteiger partial charge in [-0.05, 0) is 36.8 Å². The number of aliphatic hydroxyl groups is 3. The number of nitrogens with zero attached hydrogens (tertiary/aromatic N) is 6. The Morgan fingerprint density at radius 2 is 1.80 bits per heavy atom. The van der Waals surface area contributed by atoms with Crippen molar-refractivity contribution in [1.29, 1.82) is 0 Å². The smallest absolute Gasteiger partial charge is 0.369 e. The number of anilines is 3. The number of para-hydroxylation sites is 1. The summed E-state index contributed by atoms with van der Waals surface area (Å²) in [4.78, 5) is 45.5. The monoisotopic (exact) mass is 623 g/mol. The SMILES string of the molecule is COc1c(Nc2cc(NC(=O)C3CC3)nnc2C(=O)NC(O)(O)O)cccc1-c1nc(CN2CC3CN(C(C)=O)CC3C2)no1. The third-order valence-corrected chi connectivity index (χ3v) is 8.05. The molecule has 2 aromatic heterocycles. The number of amides is 3. The molecule has 1 saturated carbocycles. The molecular formula is C28H33N9O8. The lowest BCUT2D eigenvalue weighted by atomic mass is 10.0. The first-order valence-electron chi connectivity index (χ1n) is 14.4. The van der Waals surface area contributed by atoms with E-state index in [4.69, 9.17) is 9.26 Å². The van der Waals surface area contributed by atoms with E-state index >= 15 is 0 Å². The van der Waals surface area contributed by atoms with E-state index in [9.17, 15) is 29.7 Å². The van der Waals surface area contributed by atoms with Gasteiger partial charge in [-0.1, -0.05) is 11.2 Å². The number of aromatic nitrogens is 4. The van der Waals surface area contributed by atoms with Gasteiger partial charge in [0.1, 0.15) is 0 Å². The highest BCUT2D eigenvalue weighted by atomic mass is 16.7. The van der Waals surface area contributed by atoms with Gasteiger partial charge in [-0.15, -0.1) is 10.2 Å². The van der Waals surface area contributed by atoms with Gasteiger partial charge in [0.25, 0.3) is 11.8 Å². The zero-order chi connectivity index (χ0) is 31.9. The Bertz CT molecular complexity index is 1610. The minimum absolute atomic E-state index is 0.00226. The van der Waals surface area contributed by atoms with Crippen LogP contribution in [0, 0.1) is 17.8 Å². The topological polar surface area (TPSA) is 228 Å². The van der Waals surface area contributed by atoms with Crippen molar-refractivity contribution < 1.29 is 39.0 Å². The molecule has 238 valence electrons. The molecule has 6 N–H and O–H groups in total. The highest BCUT2D eigenvalue weighted by molar-refractivity contribution is 6.00. The summed E-state index contributed by atoms with van der Waals surface area (Å²) in [5, 5.41) is 46.9. The molecule has 2 saturated heterocycles. The van der Waals surface area contributed by atoms with Gasteiger partial charge in [-0.25, -0.2) is 0 Å². The summed E-state index contributed by atoms with van der Waals surface area (Å²) in [5.41, 5.74) is 0.367. The first-order chi connectivity index (χ1) is 21.5. The van der Waals surface area contributed by atoms with E-state index in [-0.39, 0.29) is 40.9 Å². The molecule has 0 radical (unpaired) electrons.